The molecular formula is C23H18. The summed E-state index contributed by atoms with van der Waals surface area (Å²) < 4.78 is 0. The van der Waals surface area contributed by atoms with E-state index in [9.17, 15) is 0 Å². The molecule has 0 nitrogen and oxygen atoms in total. The Morgan fingerprint density at radius 1 is 0.609 bits per heavy atom. The van der Waals surface area contributed by atoms with Crippen LogP contribution < -0.4 is 0 Å². The molecular weight excluding hydrogens is 276 g/mol. The van der Waals surface area contributed by atoms with Crippen LogP contribution >= 0.6 is 0 Å². The first-order chi connectivity index (χ1) is 11.2. The maximum absolute atomic E-state index is 2.41. The Hall–Kier alpha value is -2.60. The number of aryl methyl sites for hydroxylation is 2. The minimum absolute atomic E-state index is 1.06. The third-order valence-corrected chi connectivity index (χ3v) is 5.36. The Kier molecular flexibility index (Phi) is 2.50. The van der Waals surface area contributed by atoms with Gasteiger partial charge in [0.1, 0.15) is 0 Å². The van der Waals surface area contributed by atoms with Crippen molar-refractivity contribution in [1.82, 2.24) is 0 Å². The molecule has 0 heterocycles. The summed E-state index contributed by atoms with van der Waals surface area (Å²) in [6.07, 6.45) is 1.06. The molecule has 0 spiro atoms. The van der Waals surface area contributed by atoms with Crippen molar-refractivity contribution < 1.29 is 0 Å². The number of benzene rings is 4. The van der Waals surface area contributed by atoms with Crippen molar-refractivity contribution in [2.24, 2.45) is 0 Å². The molecule has 0 N–H and O–H groups in total. The van der Waals surface area contributed by atoms with Crippen molar-refractivity contribution in [3.05, 3.63) is 82.9 Å². The summed E-state index contributed by atoms with van der Waals surface area (Å²) in [7, 11) is 0. The van der Waals surface area contributed by atoms with E-state index in [4.69, 9.17) is 0 Å². The summed E-state index contributed by atoms with van der Waals surface area (Å²) in [5, 5.41) is 5.39. The van der Waals surface area contributed by atoms with Crippen molar-refractivity contribution in [3.8, 4) is 11.1 Å². The molecule has 0 unspecified atom stereocenters. The Labute approximate surface area is 136 Å². The summed E-state index contributed by atoms with van der Waals surface area (Å²) in [6.45, 7) is 4.42. The van der Waals surface area contributed by atoms with Gasteiger partial charge in [0.25, 0.3) is 0 Å². The highest BCUT2D eigenvalue weighted by Gasteiger charge is 2.20. The molecule has 0 saturated heterocycles. The number of fused-ring (bicyclic) bond motifs is 6. The van der Waals surface area contributed by atoms with Gasteiger partial charge in [-0.3, -0.25) is 0 Å². The number of hydrogen-bond acceptors (Lipinski definition) is 0. The molecule has 0 aliphatic heterocycles. The molecule has 0 heteroatoms. The predicted octanol–water partition coefficient (Wildman–Crippen LogP) is 6.18. The zero-order valence-electron chi connectivity index (χ0n) is 13.5. The van der Waals surface area contributed by atoms with E-state index in [2.05, 4.69) is 74.5 Å². The van der Waals surface area contributed by atoms with E-state index >= 15 is 0 Å². The van der Waals surface area contributed by atoms with Crippen LogP contribution in [-0.4, -0.2) is 0 Å². The standard InChI is InChI=1S/C23H18/c1-14-9-18-12-19-11-17-8-7-16-5-3-4-6-20(16)22(17)13-23(19)21(18)10-15(14)2/h3-11,13H,12H2,1-2H3. The molecule has 0 atom stereocenters. The summed E-state index contributed by atoms with van der Waals surface area (Å²) in [4.78, 5) is 0. The lowest BCUT2D eigenvalue weighted by molar-refractivity contribution is 1.23. The van der Waals surface area contributed by atoms with Gasteiger partial charge in [-0.05, 0) is 81.3 Å². The Morgan fingerprint density at radius 2 is 1.30 bits per heavy atom. The molecule has 0 saturated carbocycles. The van der Waals surface area contributed by atoms with Gasteiger partial charge in [0.15, 0.2) is 0 Å². The highest BCUT2D eigenvalue weighted by atomic mass is 14.2. The van der Waals surface area contributed by atoms with Gasteiger partial charge in [-0.25, -0.2) is 0 Å². The highest BCUT2D eigenvalue weighted by Crippen LogP contribution is 2.41. The molecule has 1 aliphatic rings. The zero-order chi connectivity index (χ0) is 15.6. The van der Waals surface area contributed by atoms with Crippen LogP contribution in [0.15, 0.2) is 60.7 Å². The second-order valence-electron chi connectivity index (χ2n) is 6.79. The van der Waals surface area contributed by atoms with Crippen molar-refractivity contribution in [1.29, 1.82) is 0 Å². The van der Waals surface area contributed by atoms with Crippen LogP contribution in [0, 0.1) is 13.8 Å². The topological polar surface area (TPSA) is 0 Å². The zero-order valence-corrected chi connectivity index (χ0v) is 13.5. The first-order valence-electron chi connectivity index (χ1n) is 8.25. The van der Waals surface area contributed by atoms with Gasteiger partial charge in [-0.1, -0.05) is 54.6 Å². The van der Waals surface area contributed by atoms with Gasteiger partial charge in [0.05, 0.1) is 0 Å². The smallest absolute Gasteiger partial charge is 0.00131 e. The first kappa shape index (κ1) is 12.9. The summed E-state index contributed by atoms with van der Waals surface area (Å²) >= 11 is 0. The monoisotopic (exact) mass is 294 g/mol. The molecule has 5 rings (SSSR count). The molecule has 1 aliphatic carbocycles. The molecule has 4 aromatic rings. The second kappa shape index (κ2) is 4.45. The van der Waals surface area contributed by atoms with E-state index in [1.165, 1.54) is 54.9 Å². The lowest BCUT2D eigenvalue weighted by atomic mass is 9.95. The van der Waals surface area contributed by atoms with E-state index in [1.807, 2.05) is 0 Å². The molecule has 4 aromatic carbocycles. The molecule has 0 radical (unpaired) electrons. The molecule has 0 bridgehead atoms. The molecule has 0 amide bonds. The van der Waals surface area contributed by atoms with Crippen molar-refractivity contribution in [2.75, 3.05) is 0 Å². The second-order valence-corrected chi connectivity index (χ2v) is 6.79. The maximum atomic E-state index is 2.41. The van der Waals surface area contributed by atoms with E-state index < -0.39 is 0 Å². The van der Waals surface area contributed by atoms with Crippen LogP contribution in [0.1, 0.15) is 22.3 Å². The lowest BCUT2D eigenvalue weighted by Gasteiger charge is -2.09. The predicted molar refractivity (Wildman–Crippen MR) is 99.2 cm³/mol. The van der Waals surface area contributed by atoms with Gasteiger partial charge in [-0.2, -0.15) is 0 Å². The minimum atomic E-state index is 1.06. The van der Waals surface area contributed by atoms with E-state index in [0.717, 1.165) is 6.42 Å². The van der Waals surface area contributed by atoms with Crippen LogP contribution in [0.3, 0.4) is 0 Å². The Morgan fingerprint density at radius 3 is 2.22 bits per heavy atom. The fraction of sp³-hybridized carbons (Fsp3) is 0.130. The van der Waals surface area contributed by atoms with Gasteiger partial charge in [0, 0.05) is 0 Å². The van der Waals surface area contributed by atoms with E-state index in [-0.39, 0.29) is 0 Å². The van der Waals surface area contributed by atoms with Crippen molar-refractivity contribution >= 4 is 21.5 Å². The van der Waals surface area contributed by atoms with Gasteiger partial charge >= 0.3 is 0 Å². The highest BCUT2D eigenvalue weighted by molar-refractivity contribution is 6.09. The van der Waals surface area contributed by atoms with Gasteiger partial charge in [-0.15, -0.1) is 0 Å². The Balaban J connectivity index is 1.87. The molecule has 0 fully saturated rings. The largest absolute Gasteiger partial charge is 0.0616 e. The Bertz CT molecular complexity index is 1100. The van der Waals surface area contributed by atoms with Crippen molar-refractivity contribution in [3.63, 3.8) is 0 Å². The van der Waals surface area contributed by atoms with Gasteiger partial charge < -0.3 is 0 Å². The third-order valence-electron chi connectivity index (χ3n) is 5.36. The SMILES string of the molecule is Cc1cc2c(cc1C)-c1cc3c(ccc4ccccc43)cc1C2. The normalized spacial score (nSPS) is 12.6. The van der Waals surface area contributed by atoms with Crippen LogP contribution in [0.2, 0.25) is 0 Å². The molecule has 110 valence electrons. The van der Waals surface area contributed by atoms with Crippen LogP contribution in [0.4, 0.5) is 0 Å². The minimum Gasteiger partial charge on any atom is -0.0616 e. The summed E-state index contributed by atoms with van der Waals surface area (Å²) in [5.41, 5.74) is 8.57. The average Bonchev–Trinajstić information content (AvgIpc) is 2.90. The fourth-order valence-corrected chi connectivity index (χ4v) is 3.98. The fourth-order valence-electron chi connectivity index (χ4n) is 3.98. The quantitative estimate of drug-likeness (QED) is 0.299. The van der Waals surface area contributed by atoms with Crippen molar-refractivity contribution in [2.45, 2.75) is 20.3 Å². The number of rotatable bonds is 0. The first-order valence-corrected chi connectivity index (χ1v) is 8.25. The van der Waals surface area contributed by atoms with Crippen LogP contribution in [0.25, 0.3) is 32.7 Å². The van der Waals surface area contributed by atoms with E-state index in [1.54, 1.807) is 0 Å². The lowest BCUT2D eigenvalue weighted by Crippen LogP contribution is -1.86. The third kappa shape index (κ3) is 1.78. The number of hydrogen-bond donors (Lipinski definition) is 0. The van der Waals surface area contributed by atoms with Crippen LogP contribution in [0.5, 0.6) is 0 Å². The molecule has 0 aromatic heterocycles. The van der Waals surface area contributed by atoms with Gasteiger partial charge in [0.2, 0.25) is 0 Å². The summed E-state index contributed by atoms with van der Waals surface area (Å²) in [6, 6.07) is 22.7. The molecule has 23 heavy (non-hydrogen) atoms. The van der Waals surface area contributed by atoms with E-state index in [0.29, 0.717) is 0 Å². The summed E-state index contributed by atoms with van der Waals surface area (Å²) in [5.74, 6) is 0. The maximum Gasteiger partial charge on any atom is -0.00131 e. The average molecular weight is 294 g/mol. The van der Waals surface area contributed by atoms with Crippen LogP contribution in [-0.2, 0) is 6.42 Å².